The summed E-state index contributed by atoms with van der Waals surface area (Å²) in [6.45, 7) is 6.76. The molecule has 7 heteroatoms. The number of hydrogen-bond acceptors (Lipinski definition) is 6. The summed E-state index contributed by atoms with van der Waals surface area (Å²) in [5.74, 6) is -0.435. The third kappa shape index (κ3) is 5.96. The Balaban J connectivity index is 3.02. The molecule has 0 heterocycles. The van der Waals surface area contributed by atoms with Crippen molar-refractivity contribution in [3.8, 4) is 0 Å². The van der Waals surface area contributed by atoms with E-state index in [4.69, 9.17) is 4.74 Å². The molecule has 0 aliphatic heterocycles. The van der Waals surface area contributed by atoms with E-state index in [9.17, 15) is 20.1 Å². The third-order valence-corrected chi connectivity index (χ3v) is 5.53. The van der Waals surface area contributed by atoms with E-state index >= 15 is 0 Å². The maximum Gasteiger partial charge on any atom is 0.253 e. The topological polar surface area (TPSA) is 99.0 Å². The summed E-state index contributed by atoms with van der Waals surface area (Å²) in [6.07, 6.45) is -2.97. The van der Waals surface area contributed by atoms with Gasteiger partial charge in [0.25, 0.3) is 5.91 Å². The van der Waals surface area contributed by atoms with Crippen molar-refractivity contribution in [1.29, 1.82) is 0 Å². The zero-order valence-corrected chi connectivity index (χ0v) is 16.7. The number of thiol groups is 1. The summed E-state index contributed by atoms with van der Waals surface area (Å²) in [5, 5.41) is 32.4. The lowest BCUT2D eigenvalue weighted by molar-refractivity contribution is -0.143. The Morgan fingerprint density at radius 2 is 1.92 bits per heavy atom. The Hall–Kier alpha value is -1.12. The zero-order chi connectivity index (χ0) is 19.9. The smallest absolute Gasteiger partial charge is 0.253 e. The molecule has 4 atom stereocenters. The largest absolute Gasteiger partial charge is 0.394 e. The maximum atomic E-state index is 12.5. The van der Waals surface area contributed by atoms with Crippen LogP contribution in [0.2, 0.25) is 0 Å². The standard InChI is InChI=1S/C19H31NO5S/c1-5-19(26,6-2)16(25-15(11-21)13(4)22)18(24)20-17(23)14-9-7-8-12(3)10-14/h7-10,13,15-16,18,21-22,24,26H,5-6,11H2,1-4H3,(H,20,23)/t13-,15?,16?,18-/m1/s1. The van der Waals surface area contributed by atoms with E-state index in [2.05, 4.69) is 17.9 Å². The molecular weight excluding hydrogens is 354 g/mol. The van der Waals surface area contributed by atoms with Crippen molar-refractivity contribution < 1.29 is 24.9 Å². The molecule has 0 saturated heterocycles. The van der Waals surface area contributed by atoms with Gasteiger partial charge in [-0.05, 0) is 38.8 Å². The lowest BCUT2D eigenvalue weighted by atomic mass is 9.93. The molecule has 1 rings (SSSR count). The summed E-state index contributed by atoms with van der Waals surface area (Å²) in [7, 11) is 0. The van der Waals surface area contributed by atoms with Crippen LogP contribution in [-0.2, 0) is 4.74 Å². The first-order chi connectivity index (χ1) is 12.2. The van der Waals surface area contributed by atoms with Crippen LogP contribution < -0.4 is 5.32 Å². The van der Waals surface area contributed by atoms with E-state index in [0.29, 0.717) is 18.4 Å². The SMILES string of the molecule is CCC(S)(CC)C(OC(CO)[C@@H](C)O)[C@@H](O)NC(=O)c1cccc(C)c1. The minimum absolute atomic E-state index is 0.413. The van der Waals surface area contributed by atoms with Crippen LogP contribution in [0, 0.1) is 6.92 Å². The summed E-state index contributed by atoms with van der Waals surface area (Å²) in [6, 6.07) is 7.02. The highest BCUT2D eigenvalue weighted by molar-refractivity contribution is 7.81. The van der Waals surface area contributed by atoms with Crippen molar-refractivity contribution in [3.63, 3.8) is 0 Å². The van der Waals surface area contributed by atoms with Gasteiger partial charge in [0.15, 0.2) is 6.23 Å². The second kappa shape index (κ2) is 10.3. The number of aliphatic hydroxyl groups is 3. The molecule has 0 spiro atoms. The molecule has 26 heavy (non-hydrogen) atoms. The normalized spacial score (nSPS) is 16.6. The second-order valence-corrected chi connectivity index (χ2v) is 7.51. The molecule has 6 nitrogen and oxygen atoms in total. The number of nitrogens with one attached hydrogen (secondary N) is 1. The van der Waals surface area contributed by atoms with Crippen LogP contribution in [0.5, 0.6) is 0 Å². The molecule has 0 radical (unpaired) electrons. The van der Waals surface area contributed by atoms with Gasteiger partial charge in [-0.1, -0.05) is 31.5 Å². The fourth-order valence-electron chi connectivity index (χ4n) is 2.72. The van der Waals surface area contributed by atoms with Crippen molar-refractivity contribution in [2.75, 3.05) is 6.61 Å². The number of benzene rings is 1. The summed E-state index contributed by atoms with van der Waals surface area (Å²) in [5.41, 5.74) is 1.36. The number of aliphatic hydroxyl groups excluding tert-OH is 3. The minimum atomic E-state index is -1.35. The molecule has 0 fully saturated rings. The number of carbonyl (C=O) groups is 1. The van der Waals surface area contributed by atoms with Crippen LogP contribution >= 0.6 is 12.6 Å². The van der Waals surface area contributed by atoms with Gasteiger partial charge in [-0.2, -0.15) is 12.6 Å². The summed E-state index contributed by atoms with van der Waals surface area (Å²) < 4.78 is 5.04. The van der Waals surface area contributed by atoms with Gasteiger partial charge in [0.2, 0.25) is 0 Å². The average molecular weight is 386 g/mol. The van der Waals surface area contributed by atoms with Crippen molar-refractivity contribution in [3.05, 3.63) is 35.4 Å². The number of amides is 1. The van der Waals surface area contributed by atoms with Crippen LogP contribution in [0.1, 0.15) is 49.5 Å². The number of aryl methyl sites for hydroxylation is 1. The van der Waals surface area contributed by atoms with Crippen molar-refractivity contribution in [2.45, 2.75) is 69.8 Å². The first-order valence-corrected chi connectivity index (χ1v) is 9.35. The molecule has 4 N–H and O–H groups in total. The number of carbonyl (C=O) groups excluding carboxylic acids is 1. The van der Waals surface area contributed by atoms with Crippen molar-refractivity contribution in [1.82, 2.24) is 5.32 Å². The van der Waals surface area contributed by atoms with Gasteiger partial charge in [-0.3, -0.25) is 4.79 Å². The predicted molar refractivity (Wildman–Crippen MR) is 104 cm³/mol. The van der Waals surface area contributed by atoms with E-state index in [-0.39, 0.29) is 0 Å². The van der Waals surface area contributed by atoms with E-state index in [1.165, 1.54) is 6.92 Å². The molecule has 1 amide bonds. The predicted octanol–water partition coefficient (Wildman–Crippen LogP) is 1.66. The Morgan fingerprint density at radius 1 is 1.31 bits per heavy atom. The Kier molecular flexibility index (Phi) is 9.06. The van der Waals surface area contributed by atoms with Gasteiger partial charge in [-0.15, -0.1) is 0 Å². The Morgan fingerprint density at radius 3 is 2.38 bits per heavy atom. The molecule has 0 saturated carbocycles. The average Bonchev–Trinajstić information content (AvgIpc) is 2.61. The van der Waals surface area contributed by atoms with Gasteiger partial charge >= 0.3 is 0 Å². The van der Waals surface area contributed by atoms with E-state index in [1.807, 2.05) is 26.8 Å². The molecule has 0 aliphatic rings. The van der Waals surface area contributed by atoms with Gasteiger partial charge in [-0.25, -0.2) is 0 Å². The van der Waals surface area contributed by atoms with Crippen LogP contribution in [0.15, 0.2) is 24.3 Å². The van der Waals surface area contributed by atoms with E-state index in [0.717, 1.165) is 5.56 Å². The van der Waals surface area contributed by atoms with E-state index < -0.39 is 41.8 Å². The third-order valence-electron chi connectivity index (χ3n) is 4.64. The van der Waals surface area contributed by atoms with Gasteiger partial charge in [0.1, 0.15) is 12.2 Å². The van der Waals surface area contributed by atoms with Gasteiger partial charge in [0.05, 0.1) is 12.7 Å². The highest BCUT2D eigenvalue weighted by Gasteiger charge is 2.41. The highest BCUT2D eigenvalue weighted by Crippen LogP contribution is 2.32. The first-order valence-electron chi connectivity index (χ1n) is 8.90. The molecular formula is C19H31NO5S. The fraction of sp³-hybridized carbons (Fsp3) is 0.632. The second-order valence-electron chi connectivity index (χ2n) is 6.62. The Bertz CT molecular complexity index is 577. The quantitative estimate of drug-likeness (QED) is 0.312. The van der Waals surface area contributed by atoms with E-state index in [1.54, 1.807) is 18.2 Å². The lowest BCUT2D eigenvalue weighted by Crippen LogP contribution is -2.56. The maximum absolute atomic E-state index is 12.5. The summed E-state index contributed by atoms with van der Waals surface area (Å²) in [4.78, 5) is 12.5. The first kappa shape index (κ1) is 22.9. The molecule has 0 bridgehead atoms. The lowest BCUT2D eigenvalue weighted by Gasteiger charge is -2.40. The molecule has 0 aliphatic carbocycles. The Labute approximate surface area is 161 Å². The number of ether oxygens (including phenoxy) is 1. The minimum Gasteiger partial charge on any atom is -0.394 e. The van der Waals surface area contributed by atoms with Crippen molar-refractivity contribution >= 4 is 18.5 Å². The van der Waals surface area contributed by atoms with Crippen LogP contribution in [0.4, 0.5) is 0 Å². The van der Waals surface area contributed by atoms with Crippen molar-refractivity contribution in [2.24, 2.45) is 0 Å². The fourth-order valence-corrected chi connectivity index (χ4v) is 2.93. The monoisotopic (exact) mass is 385 g/mol. The molecule has 2 unspecified atom stereocenters. The molecule has 148 valence electrons. The van der Waals surface area contributed by atoms with Crippen LogP contribution in [0.25, 0.3) is 0 Å². The van der Waals surface area contributed by atoms with Gasteiger partial charge in [0, 0.05) is 10.3 Å². The zero-order valence-electron chi connectivity index (χ0n) is 15.8. The molecule has 1 aromatic carbocycles. The molecule has 0 aromatic heterocycles. The van der Waals surface area contributed by atoms with Crippen LogP contribution in [-0.4, -0.2) is 57.1 Å². The van der Waals surface area contributed by atoms with Crippen LogP contribution in [0.3, 0.4) is 0 Å². The van der Waals surface area contributed by atoms with Gasteiger partial charge < -0.3 is 25.4 Å². The summed E-state index contributed by atoms with van der Waals surface area (Å²) >= 11 is 4.66. The number of hydrogen-bond donors (Lipinski definition) is 5. The molecule has 1 aromatic rings. The number of rotatable bonds is 10. The highest BCUT2D eigenvalue weighted by atomic mass is 32.1.